The molecule has 1 aromatic carbocycles. The summed E-state index contributed by atoms with van der Waals surface area (Å²) in [5.41, 5.74) is -0.376. The van der Waals surface area contributed by atoms with Crippen molar-refractivity contribution in [2.24, 2.45) is 0 Å². The smallest absolute Gasteiger partial charge is 0.254 e. The molecule has 9 heteroatoms. The van der Waals surface area contributed by atoms with Gasteiger partial charge in [-0.05, 0) is 24.3 Å². The lowest BCUT2D eigenvalue weighted by Crippen LogP contribution is -2.53. The normalized spacial score (nSPS) is 19.9. The van der Waals surface area contributed by atoms with Crippen molar-refractivity contribution >= 4 is 23.4 Å². The number of aliphatic hydroxyl groups is 1. The van der Waals surface area contributed by atoms with E-state index in [0.717, 1.165) is 0 Å². The molecule has 0 spiro atoms. The molecule has 0 aromatic heterocycles. The summed E-state index contributed by atoms with van der Waals surface area (Å²) >= 11 is 0. The number of carbonyl (C=O) groups is 3. The third kappa shape index (κ3) is 6.31. The van der Waals surface area contributed by atoms with Crippen LogP contribution in [-0.2, 0) is 19.1 Å². The lowest BCUT2D eigenvalue weighted by atomic mass is 10.0. The molecular weight excluding hydrogens is 354 g/mol. The Labute approximate surface area is 157 Å². The van der Waals surface area contributed by atoms with Crippen molar-refractivity contribution in [1.82, 2.24) is 10.2 Å². The Morgan fingerprint density at radius 2 is 2.00 bits per heavy atom. The molecule has 9 nitrogen and oxygen atoms in total. The van der Waals surface area contributed by atoms with Crippen LogP contribution < -0.4 is 10.6 Å². The number of β-amino-alcohol motifs (C(OH)–C–C–N with tert-alkyl or cyclic N) is 1. The minimum atomic E-state index is -1.40. The molecule has 27 heavy (non-hydrogen) atoms. The second kappa shape index (κ2) is 9.45. The number of hydrogen-bond acceptors (Lipinski definition) is 6. The summed E-state index contributed by atoms with van der Waals surface area (Å²) in [4.78, 5) is 36.9. The van der Waals surface area contributed by atoms with Gasteiger partial charge in [0.25, 0.3) is 5.91 Å². The maximum atomic E-state index is 12.8. The number of anilines is 1. The third-order valence-electron chi connectivity index (χ3n) is 3.99. The molecule has 2 rings (SSSR count). The lowest BCUT2D eigenvalue weighted by molar-refractivity contribution is -0.126. The van der Waals surface area contributed by atoms with Gasteiger partial charge in [0.05, 0.1) is 26.3 Å². The van der Waals surface area contributed by atoms with E-state index in [1.165, 1.54) is 18.9 Å². The molecule has 3 N–H and O–H groups in total. The molecule has 0 radical (unpaired) electrons. The van der Waals surface area contributed by atoms with Crippen molar-refractivity contribution in [1.29, 1.82) is 0 Å². The monoisotopic (exact) mass is 379 g/mol. The molecule has 1 fully saturated rings. The summed E-state index contributed by atoms with van der Waals surface area (Å²) in [6.45, 7) is 1.87. The number of methoxy groups -OCH3 is 1. The molecule has 1 saturated heterocycles. The highest BCUT2D eigenvalue weighted by atomic mass is 16.5. The molecule has 1 atom stereocenters. The predicted octanol–water partition coefficient (Wildman–Crippen LogP) is -0.389. The number of benzene rings is 1. The number of rotatable bonds is 6. The number of nitrogens with one attached hydrogen (secondary N) is 2. The fourth-order valence-corrected chi connectivity index (χ4v) is 2.72. The number of nitrogens with zero attached hydrogens (tertiary/aromatic N) is 1. The zero-order chi connectivity index (χ0) is 19.9. The molecule has 3 amide bonds. The van der Waals surface area contributed by atoms with E-state index in [0.29, 0.717) is 17.8 Å². The van der Waals surface area contributed by atoms with Gasteiger partial charge in [0.2, 0.25) is 11.8 Å². The first-order valence-corrected chi connectivity index (χ1v) is 8.56. The van der Waals surface area contributed by atoms with Gasteiger partial charge in [0.15, 0.2) is 0 Å². The van der Waals surface area contributed by atoms with Crippen molar-refractivity contribution in [3.05, 3.63) is 29.8 Å². The van der Waals surface area contributed by atoms with Crippen molar-refractivity contribution in [2.75, 3.05) is 51.9 Å². The Hall–Kier alpha value is -2.49. The van der Waals surface area contributed by atoms with E-state index in [-0.39, 0.29) is 50.6 Å². The second-order valence-electron chi connectivity index (χ2n) is 6.47. The van der Waals surface area contributed by atoms with Gasteiger partial charge in [0, 0.05) is 31.8 Å². The van der Waals surface area contributed by atoms with Crippen LogP contribution in [0.15, 0.2) is 24.3 Å². The van der Waals surface area contributed by atoms with Crippen LogP contribution in [0.2, 0.25) is 0 Å². The van der Waals surface area contributed by atoms with Gasteiger partial charge < -0.3 is 30.1 Å². The van der Waals surface area contributed by atoms with E-state index in [9.17, 15) is 19.5 Å². The molecule has 0 aliphatic carbocycles. The largest absolute Gasteiger partial charge is 0.384 e. The third-order valence-corrected chi connectivity index (χ3v) is 3.99. The summed E-state index contributed by atoms with van der Waals surface area (Å²) < 4.78 is 10.1. The Bertz CT molecular complexity index is 678. The first kappa shape index (κ1) is 20.8. The lowest BCUT2D eigenvalue weighted by Gasteiger charge is -2.31. The first-order chi connectivity index (χ1) is 12.8. The highest BCUT2D eigenvalue weighted by Crippen LogP contribution is 2.16. The van der Waals surface area contributed by atoms with Crippen LogP contribution in [0.5, 0.6) is 0 Å². The Kier molecular flexibility index (Phi) is 7.28. The minimum Gasteiger partial charge on any atom is -0.384 e. The maximum absolute atomic E-state index is 12.8. The molecular formula is C18H25N3O6. The summed E-state index contributed by atoms with van der Waals surface area (Å²) in [7, 11) is 1.40. The number of hydrogen-bond donors (Lipinski definition) is 3. The summed E-state index contributed by atoms with van der Waals surface area (Å²) in [6, 6.07) is 6.50. The van der Waals surface area contributed by atoms with Gasteiger partial charge in [-0.2, -0.15) is 0 Å². The van der Waals surface area contributed by atoms with Crippen LogP contribution in [0.4, 0.5) is 5.69 Å². The van der Waals surface area contributed by atoms with Crippen molar-refractivity contribution in [3.63, 3.8) is 0 Å². The van der Waals surface area contributed by atoms with Crippen LogP contribution in [0.1, 0.15) is 17.3 Å². The van der Waals surface area contributed by atoms with Gasteiger partial charge >= 0.3 is 0 Å². The Balaban J connectivity index is 2.03. The highest BCUT2D eigenvalue weighted by molar-refractivity contribution is 5.95. The van der Waals surface area contributed by atoms with Crippen LogP contribution in [0, 0.1) is 0 Å². The van der Waals surface area contributed by atoms with Crippen LogP contribution in [0.25, 0.3) is 0 Å². The van der Waals surface area contributed by atoms with Crippen LogP contribution in [0.3, 0.4) is 0 Å². The molecule has 1 aromatic rings. The molecule has 148 valence electrons. The Morgan fingerprint density at radius 3 is 2.63 bits per heavy atom. The van der Waals surface area contributed by atoms with E-state index in [4.69, 9.17) is 9.47 Å². The topological polar surface area (TPSA) is 117 Å². The van der Waals surface area contributed by atoms with E-state index in [1.807, 2.05) is 0 Å². The zero-order valence-electron chi connectivity index (χ0n) is 15.5. The molecule has 0 saturated carbocycles. The molecule has 1 aliphatic heterocycles. The fraction of sp³-hybridized carbons (Fsp3) is 0.500. The van der Waals surface area contributed by atoms with Crippen LogP contribution in [-0.4, -0.2) is 79.9 Å². The quantitative estimate of drug-likeness (QED) is 0.620. The predicted molar refractivity (Wildman–Crippen MR) is 97.3 cm³/mol. The van der Waals surface area contributed by atoms with Gasteiger partial charge in [-0.15, -0.1) is 0 Å². The van der Waals surface area contributed by atoms with Crippen molar-refractivity contribution < 1.29 is 29.0 Å². The number of amides is 3. The number of ether oxygens (including phenoxy) is 2. The van der Waals surface area contributed by atoms with Crippen LogP contribution >= 0.6 is 0 Å². The summed E-state index contributed by atoms with van der Waals surface area (Å²) in [6.07, 6.45) is 0. The first-order valence-electron chi connectivity index (χ1n) is 8.56. The van der Waals surface area contributed by atoms with Crippen molar-refractivity contribution in [2.45, 2.75) is 12.5 Å². The van der Waals surface area contributed by atoms with Gasteiger partial charge in [0.1, 0.15) is 12.2 Å². The molecule has 1 unspecified atom stereocenters. The average Bonchev–Trinajstić information content (AvgIpc) is 2.82. The van der Waals surface area contributed by atoms with E-state index in [1.54, 1.807) is 24.3 Å². The summed E-state index contributed by atoms with van der Waals surface area (Å²) in [5, 5.41) is 16.0. The average molecular weight is 379 g/mol. The highest BCUT2D eigenvalue weighted by Gasteiger charge is 2.35. The van der Waals surface area contributed by atoms with Crippen molar-refractivity contribution in [3.8, 4) is 0 Å². The maximum Gasteiger partial charge on any atom is 0.254 e. The second-order valence-corrected chi connectivity index (χ2v) is 6.47. The molecule has 1 heterocycles. The van der Waals surface area contributed by atoms with Gasteiger partial charge in [-0.1, -0.05) is 0 Å². The van der Waals surface area contributed by atoms with E-state index < -0.39 is 5.60 Å². The number of carbonyl (C=O) groups excluding carboxylic acids is 3. The van der Waals surface area contributed by atoms with E-state index in [2.05, 4.69) is 10.6 Å². The van der Waals surface area contributed by atoms with Gasteiger partial charge in [-0.3, -0.25) is 14.4 Å². The summed E-state index contributed by atoms with van der Waals surface area (Å²) in [5.74, 6) is -0.822. The minimum absolute atomic E-state index is 0.00547. The zero-order valence-corrected chi connectivity index (χ0v) is 15.5. The fourth-order valence-electron chi connectivity index (χ4n) is 2.72. The van der Waals surface area contributed by atoms with Gasteiger partial charge in [-0.25, -0.2) is 0 Å². The SMILES string of the molecule is COCC(=O)NCC1(O)COCCN(C(=O)c2ccc(NC(C)=O)cc2)C1. The van der Waals surface area contributed by atoms with E-state index >= 15 is 0 Å². The standard InChI is InChI=1S/C18H25N3O6/c1-13(22)20-15-5-3-14(4-6-15)17(24)21-7-8-27-12-18(25,11-21)10-19-16(23)9-26-2/h3-6,25H,7-12H2,1-2H3,(H,19,23)(H,20,22). The Morgan fingerprint density at radius 1 is 1.30 bits per heavy atom. The molecule has 1 aliphatic rings. The molecule has 0 bridgehead atoms.